The van der Waals surface area contributed by atoms with Crippen molar-refractivity contribution in [1.29, 1.82) is 0 Å². The summed E-state index contributed by atoms with van der Waals surface area (Å²) in [6.45, 7) is 2.50. The zero-order valence-corrected chi connectivity index (χ0v) is 16.5. The van der Waals surface area contributed by atoms with E-state index in [-0.39, 0.29) is 5.91 Å². The van der Waals surface area contributed by atoms with Crippen LogP contribution in [0.3, 0.4) is 0 Å². The fourth-order valence-corrected chi connectivity index (χ4v) is 3.65. The third-order valence-corrected chi connectivity index (χ3v) is 5.13. The molecule has 5 aromatic rings. The molecule has 0 aliphatic rings. The molecule has 0 saturated carbocycles. The van der Waals surface area contributed by atoms with Gasteiger partial charge >= 0.3 is 0 Å². The number of hydrogen-bond donors (Lipinski definition) is 3. The summed E-state index contributed by atoms with van der Waals surface area (Å²) in [5.41, 5.74) is 5.22. The van der Waals surface area contributed by atoms with Crippen molar-refractivity contribution in [2.24, 2.45) is 0 Å². The van der Waals surface area contributed by atoms with Gasteiger partial charge in [-0.1, -0.05) is 42.5 Å². The van der Waals surface area contributed by atoms with Crippen molar-refractivity contribution in [3.8, 4) is 5.75 Å². The lowest BCUT2D eigenvalue weighted by atomic mass is 10.2. The van der Waals surface area contributed by atoms with Gasteiger partial charge in [-0.05, 0) is 42.8 Å². The number of hydrogen-bond acceptors (Lipinski definition) is 2. The van der Waals surface area contributed by atoms with Crippen LogP contribution in [-0.4, -0.2) is 15.9 Å². The van der Waals surface area contributed by atoms with E-state index < -0.39 is 0 Å². The molecule has 30 heavy (non-hydrogen) atoms. The van der Waals surface area contributed by atoms with Crippen molar-refractivity contribution < 1.29 is 9.53 Å². The Kier molecular flexibility index (Phi) is 4.48. The molecule has 148 valence electrons. The van der Waals surface area contributed by atoms with Gasteiger partial charge < -0.3 is 20.0 Å². The molecule has 0 atom stereocenters. The van der Waals surface area contributed by atoms with Gasteiger partial charge in [0, 0.05) is 28.0 Å². The maximum absolute atomic E-state index is 12.8. The first-order chi connectivity index (χ1) is 14.7. The molecule has 1 amide bonds. The Morgan fingerprint density at radius 3 is 2.63 bits per heavy atom. The third-order valence-electron chi connectivity index (χ3n) is 5.13. The number of amides is 1. The van der Waals surface area contributed by atoms with Gasteiger partial charge in [-0.25, -0.2) is 0 Å². The molecular formula is C25H21N3O2. The molecule has 0 aliphatic carbocycles. The molecule has 0 unspecified atom stereocenters. The van der Waals surface area contributed by atoms with E-state index in [1.807, 2.05) is 79.7 Å². The predicted octanol–water partition coefficient (Wildman–Crippen LogP) is 5.79. The van der Waals surface area contributed by atoms with Crippen LogP contribution in [0.5, 0.6) is 5.75 Å². The highest BCUT2D eigenvalue weighted by atomic mass is 16.5. The SMILES string of the molecule is Cc1cc2cccc(NC(=O)c3cc4ccc(OCc5ccccc5)cc4[nH]3)c2[nH]1. The highest BCUT2D eigenvalue weighted by molar-refractivity contribution is 6.09. The van der Waals surface area contributed by atoms with E-state index in [1.54, 1.807) is 0 Å². The van der Waals surface area contributed by atoms with Gasteiger partial charge in [0.05, 0.1) is 11.2 Å². The second kappa shape index (κ2) is 7.44. The van der Waals surface area contributed by atoms with Crippen LogP contribution in [0.15, 0.2) is 78.9 Å². The fourth-order valence-electron chi connectivity index (χ4n) is 3.65. The molecule has 3 N–H and O–H groups in total. The van der Waals surface area contributed by atoms with Crippen molar-refractivity contribution in [2.45, 2.75) is 13.5 Å². The van der Waals surface area contributed by atoms with Crippen LogP contribution in [0.1, 0.15) is 21.7 Å². The maximum Gasteiger partial charge on any atom is 0.272 e. The number of aromatic amines is 2. The lowest BCUT2D eigenvalue weighted by molar-refractivity contribution is 0.102. The van der Waals surface area contributed by atoms with Crippen molar-refractivity contribution in [3.05, 3.63) is 95.8 Å². The Balaban J connectivity index is 1.35. The summed E-state index contributed by atoms with van der Waals surface area (Å²) in [5.74, 6) is 0.574. The van der Waals surface area contributed by atoms with E-state index in [0.29, 0.717) is 12.3 Å². The topological polar surface area (TPSA) is 69.9 Å². The molecule has 5 heteroatoms. The number of carbonyl (C=O) groups is 1. The first kappa shape index (κ1) is 18.1. The number of fused-ring (bicyclic) bond motifs is 2. The smallest absolute Gasteiger partial charge is 0.272 e. The number of para-hydroxylation sites is 1. The van der Waals surface area contributed by atoms with Crippen molar-refractivity contribution in [1.82, 2.24) is 9.97 Å². The zero-order chi connectivity index (χ0) is 20.5. The Bertz CT molecular complexity index is 1350. The molecule has 0 fully saturated rings. The minimum Gasteiger partial charge on any atom is -0.489 e. The average Bonchev–Trinajstić information content (AvgIpc) is 3.36. The highest BCUT2D eigenvalue weighted by Crippen LogP contribution is 2.26. The summed E-state index contributed by atoms with van der Waals surface area (Å²) in [5, 5.41) is 5.03. The number of carbonyl (C=O) groups excluding carboxylic acids is 1. The highest BCUT2D eigenvalue weighted by Gasteiger charge is 2.13. The quantitative estimate of drug-likeness (QED) is 0.353. The van der Waals surface area contributed by atoms with Gasteiger partial charge in [0.25, 0.3) is 5.91 Å². The minimum absolute atomic E-state index is 0.183. The summed E-state index contributed by atoms with van der Waals surface area (Å²) in [7, 11) is 0. The summed E-state index contributed by atoms with van der Waals surface area (Å²) in [4.78, 5) is 19.4. The number of benzene rings is 3. The monoisotopic (exact) mass is 395 g/mol. The Morgan fingerprint density at radius 1 is 0.900 bits per heavy atom. The van der Waals surface area contributed by atoms with Crippen LogP contribution in [0.4, 0.5) is 5.69 Å². The minimum atomic E-state index is -0.183. The van der Waals surface area contributed by atoms with Crippen LogP contribution in [0, 0.1) is 6.92 Å². The molecule has 0 saturated heterocycles. The number of rotatable bonds is 5. The molecule has 0 spiro atoms. The summed E-state index contributed by atoms with van der Waals surface area (Å²) in [6, 6.07) is 25.6. The molecule has 5 nitrogen and oxygen atoms in total. The van der Waals surface area contributed by atoms with E-state index in [2.05, 4.69) is 21.4 Å². The van der Waals surface area contributed by atoms with E-state index in [4.69, 9.17) is 4.74 Å². The first-order valence-electron chi connectivity index (χ1n) is 9.85. The number of ether oxygens (including phenoxy) is 1. The lowest BCUT2D eigenvalue weighted by Crippen LogP contribution is -2.12. The Morgan fingerprint density at radius 2 is 1.77 bits per heavy atom. The van der Waals surface area contributed by atoms with E-state index in [1.165, 1.54) is 0 Å². The Hall–Kier alpha value is -3.99. The van der Waals surface area contributed by atoms with E-state index in [0.717, 1.165) is 44.5 Å². The standard InChI is InChI=1S/C25H21N3O2/c1-16-12-19-8-5-9-21(24(19)26-16)28-25(29)23-13-18-10-11-20(14-22(18)27-23)30-15-17-6-3-2-4-7-17/h2-14,26-27H,15H2,1H3,(H,28,29). The van der Waals surface area contributed by atoms with E-state index >= 15 is 0 Å². The fraction of sp³-hybridized carbons (Fsp3) is 0.0800. The van der Waals surface area contributed by atoms with Gasteiger partial charge in [-0.15, -0.1) is 0 Å². The predicted molar refractivity (Wildman–Crippen MR) is 120 cm³/mol. The summed E-state index contributed by atoms with van der Waals surface area (Å²) >= 11 is 0. The number of nitrogens with one attached hydrogen (secondary N) is 3. The van der Waals surface area contributed by atoms with Crippen molar-refractivity contribution >= 4 is 33.4 Å². The van der Waals surface area contributed by atoms with Crippen LogP contribution in [0.25, 0.3) is 21.8 Å². The van der Waals surface area contributed by atoms with Gasteiger partial charge in [-0.3, -0.25) is 4.79 Å². The molecule has 0 radical (unpaired) electrons. The van der Waals surface area contributed by atoms with Crippen LogP contribution < -0.4 is 10.1 Å². The van der Waals surface area contributed by atoms with Gasteiger partial charge in [0.15, 0.2) is 0 Å². The second-order valence-corrected chi connectivity index (χ2v) is 7.38. The molecule has 0 aliphatic heterocycles. The molecule has 3 aromatic carbocycles. The van der Waals surface area contributed by atoms with Crippen molar-refractivity contribution in [2.75, 3.05) is 5.32 Å². The summed E-state index contributed by atoms with van der Waals surface area (Å²) in [6.07, 6.45) is 0. The number of anilines is 1. The number of aromatic nitrogens is 2. The molecule has 2 heterocycles. The van der Waals surface area contributed by atoms with Gasteiger partial charge in [0.2, 0.25) is 0 Å². The number of H-pyrrole nitrogens is 2. The Labute approximate surface area is 173 Å². The average molecular weight is 395 g/mol. The zero-order valence-electron chi connectivity index (χ0n) is 16.5. The van der Waals surface area contributed by atoms with Crippen molar-refractivity contribution in [3.63, 3.8) is 0 Å². The molecule has 2 aromatic heterocycles. The molecular weight excluding hydrogens is 374 g/mol. The first-order valence-corrected chi connectivity index (χ1v) is 9.85. The largest absolute Gasteiger partial charge is 0.489 e. The normalized spacial score (nSPS) is 11.1. The van der Waals surface area contributed by atoms with Crippen LogP contribution in [-0.2, 0) is 6.61 Å². The van der Waals surface area contributed by atoms with Crippen LogP contribution >= 0.6 is 0 Å². The van der Waals surface area contributed by atoms with Crippen LogP contribution in [0.2, 0.25) is 0 Å². The summed E-state index contributed by atoms with van der Waals surface area (Å²) < 4.78 is 5.89. The lowest BCUT2D eigenvalue weighted by Gasteiger charge is -2.06. The molecule has 5 rings (SSSR count). The number of aryl methyl sites for hydroxylation is 1. The van der Waals surface area contributed by atoms with Gasteiger partial charge in [-0.2, -0.15) is 0 Å². The molecule has 0 bridgehead atoms. The van der Waals surface area contributed by atoms with E-state index in [9.17, 15) is 4.79 Å². The maximum atomic E-state index is 12.8. The van der Waals surface area contributed by atoms with Gasteiger partial charge in [0.1, 0.15) is 18.1 Å². The second-order valence-electron chi connectivity index (χ2n) is 7.38. The third kappa shape index (κ3) is 3.53.